The molecule has 1 aliphatic heterocycles. The third-order valence-corrected chi connectivity index (χ3v) is 4.43. The fourth-order valence-electron chi connectivity index (χ4n) is 2.82. The molecule has 2 atom stereocenters. The van der Waals surface area contributed by atoms with E-state index in [0.29, 0.717) is 10.6 Å². The Bertz CT molecular complexity index is 829. The topological polar surface area (TPSA) is 67.8 Å². The Morgan fingerprint density at radius 2 is 1.72 bits per heavy atom. The van der Waals surface area contributed by atoms with Gasteiger partial charge in [0.2, 0.25) is 5.78 Å². The number of aryl methyl sites for hydroxylation is 1. The molecule has 0 radical (unpaired) electrons. The van der Waals surface area contributed by atoms with Gasteiger partial charge < -0.3 is 4.74 Å². The standard InChI is InChI=1S/C19H17ClN2O3/c1-11-3-5-13(6-4-11)18(23)16-15(12-7-9-14(20)10-8-12)17(22-21-16)19(24)25-2/h3-10,15,17,22H,1-2H3. The van der Waals surface area contributed by atoms with Crippen molar-refractivity contribution in [1.29, 1.82) is 0 Å². The number of esters is 1. The first-order chi connectivity index (χ1) is 12.0. The van der Waals surface area contributed by atoms with Gasteiger partial charge in [-0.1, -0.05) is 53.6 Å². The minimum Gasteiger partial charge on any atom is -0.467 e. The number of halogens is 1. The molecule has 0 aliphatic carbocycles. The van der Waals surface area contributed by atoms with Crippen LogP contribution >= 0.6 is 11.6 Å². The Morgan fingerprint density at radius 1 is 1.08 bits per heavy atom. The Kier molecular flexibility index (Phi) is 4.86. The van der Waals surface area contributed by atoms with Crippen LogP contribution in [0.5, 0.6) is 0 Å². The maximum atomic E-state index is 12.9. The zero-order valence-electron chi connectivity index (χ0n) is 13.8. The molecule has 0 aromatic heterocycles. The molecule has 6 heteroatoms. The van der Waals surface area contributed by atoms with E-state index in [9.17, 15) is 9.59 Å². The highest BCUT2D eigenvalue weighted by Crippen LogP contribution is 2.29. The van der Waals surface area contributed by atoms with E-state index in [2.05, 4.69) is 10.5 Å². The third kappa shape index (κ3) is 3.42. The number of hydrogen-bond acceptors (Lipinski definition) is 5. The second-order valence-corrected chi connectivity index (χ2v) is 6.29. The van der Waals surface area contributed by atoms with Crippen molar-refractivity contribution in [2.45, 2.75) is 18.9 Å². The number of nitrogens with zero attached hydrogens (tertiary/aromatic N) is 1. The number of nitrogens with one attached hydrogen (secondary N) is 1. The van der Waals surface area contributed by atoms with Gasteiger partial charge >= 0.3 is 5.97 Å². The molecule has 0 amide bonds. The molecule has 1 aliphatic rings. The van der Waals surface area contributed by atoms with Crippen LogP contribution < -0.4 is 5.43 Å². The van der Waals surface area contributed by atoms with Crippen LogP contribution in [-0.2, 0) is 9.53 Å². The van der Waals surface area contributed by atoms with Crippen LogP contribution in [0.3, 0.4) is 0 Å². The third-order valence-electron chi connectivity index (χ3n) is 4.18. The first-order valence-corrected chi connectivity index (χ1v) is 8.17. The van der Waals surface area contributed by atoms with Crippen molar-refractivity contribution >= 4 is 29.1 Å². The lowest BCUT2D eigenvalue weighted by Crippen LogP contribution is -2.38. The van der Waals surface area contributed by atoms with E-state index in [4.69, 9.17) is 16.3 Å². The van der Waals surface area contributed by atoms with Crippen molar-refractivity contribution in [1.82, 2.24) is 5.43 Å². The average molecular weight is 357 g/mol. The van der Waals surface area contributed by atoms with Gasteiger partial charge in [-0.2, -0.15) is 5.10 Å². The van der Waals surface area contributed by atoms with Gasteiger partial charge in [0, 0.05) is 10.6 Å². The Balaban J connectivity index is 1.99. The minimum atomic E-state index is -0.754. The second-order valence-electron chi connectivity index (χ2n) is 5.85. The fraction of sp³-hybridized carbons (Fsp3) is 0.211. The van der Waals surface area contributed by atoms with Crippen molar-refractivity contribution in [3.8, 4) is 0 Å². The molecule has 1 N–H and O–H groups in total. The van der Waals surface area contributed by atoms with Crippen molar-refractivity contribution in [2.24, 2.45) is 5.10 Å². The molecule has 2 unspecified atom stereocenters. The van der Waals surface area contributed by atoms with E-state index >= 15 is 0 Å². The highest BCUT2D eigenvalue weighted by atomic mass is 35.5. The molecule has 128 valence electrons. The molecule has 3 rings (SSSR count). The lowest BCUT2D eigenvalue weighted by molar-refractivity contribution is -0.143. The summed E-state index contributed by atoms with van der Waals surface area (Å²) in [4.78, 5) is 25.0. The number of hydrazone groups is 1. The Morgan fingerprint density at radius 3 is 2.32 bits per heavy atom. The smallest absolute Gasteiger partial charge is 0.330 e. The highest BCUT2D eigenvalue weighted by molar-refractivity contribution is 6.48. The molecule has 5 nitrogen and oxygen atoms in total. The number of ether oxygens (including phenoxy) is 1. The maximum Gasteiger partial charge on any atom is 0.330 e. The van der Waals surface area contributed by atoms with Crippen LogP contribution in [0.1, 0.15) is 27.4 Å². The zero-order chi connectivity index (χ0) is 18.0. The Labute approximate surface area is 150 Å². The lowest BCUT2D eigenvalue weighted by Gasteiger charge is -2.19. The first-order valence-electron chi connectivity index (χ1n) is 7.79. The van der Waals surface area contributed by atoms with Crippen LogP contribution in [-0.4, -0.2) is 30.6 Å². The number of ketones is 1. The van der Waals surface area contributed by atoms with Gasteiger partial charge in [-0.3, -0.25) is 10.2 Å². The van der Waals surface area contributed by atoms with Gasteiger partial charge in [0.15, 0.2) is 6.04 Å². The van der Waals surface area contributed by atoms with Gasteiger partial charge in [0.05, 0.1) is 13.0 Å². The summed E-state index contributed by atoms with van der Waals surface area (Å²) in [6.45, 7) is 1.95. The number of benzene rings is 2. The molecular formula is C19H17ClN2O3. The molecule has 25 heavy (non-hydrogen) atoms. The normalized spacial score (nSPS) is 19.1. The van der Waals surface area contributed by atoms with E-state index in [1.165, 1.54) is 7.11 Å². The minimum absolute atomic E-state index is 0.223. The molecule has 0 fully saturated rings. The summed E-state index contributed by atoms with van der Waals surface area (Å²) in [5.74, 6) is -1.24. The lowest BCUT2D eigenvalue weighted by atomic mass is 9.85. The molecule has 2 aromatic rings. The average Bonchev–Trinajstić information content (AvgIpc) is 3.06. The predicted molar refractivity (Wildman–Crippen MR) is 96.1 cm³/mol. The molecule has 0 saturated heterocycles. The van der Waals surface area contributed by atoms with Crippen LogP contribution in [0.2, 0.25) is 5.02 Å². The number of methoxy groups -OCH3 is 1. The van der Waals surface area contributed by atoms with Gasteiger partial charge in [0.1, 0.15) is 5.71 Å². The SMILES string of the molecule is COC(=O)C1NN=C(C(=O)c2ccc(C)cc2)C1c1ccc(Cl)cc1. The number of carbonyl (C=O) groups is 2. The largest absolute Gasteiger partial charge is 0.467 e. The van der Waals surface area contributed by atoms with Crippen molar-refractivity contribution < 1.29 is 14.3 Å². The monoisotopic (exact) mass is 356 g/mol. The molecular weight excluding hydrogens is 340 g/mol. The van der Waals surface area contributed by atoms with Gasteiger partial charge in [0.25, 0.3) is 0 Å². The van der Waals surface area contributed by atoms with Crippen LogP contribution in [0.25, 0.3) is 0 Å². The summed E-state index contributed by atoms with van der Waals surface area (Å²) in [5, 5.41) is 4.72. The number of carbonyl (C=O) groups excluding carboxylic acids is 2. The summed E-state index contributed by atoms with van der Waals surface area (Å²) in [5.41, 5.74) is 5.37. The summed E-state index contributed by atoms with van der Waals surface area (Å²) < 4.78 is 4.85. The summed E-state index contributed by atoms with van der Waals surface area (Å²) in [6, 6.07) is 13.5. The van der Waals surface area contributed by atoms with E-state index < -0.39 is 17.9 Å². The fourth-order valence-corrected chi connectivity index (χ4v) is 2.95. The van der Waals surface area contributed by atoms with Crippen molar-refractivity contribution in [3.05, 3.63) is 70.2 Å². The summed E-state index contributed by atoms with van der Waals surface area (Å²) in [7, 11) is 1.31. The molecule has 2 aromatic carbocycles. The first kappa shape index (κ1) is 17.2. The molecule has 0 saturated carbocycles. The van der Waals surface area contributed by atoms with Gasteiger partial charge in [-0.15, -0.1) is 0 Å². The Hall–Kier alpha value is -2.66. The quantitative estimate of drug-likeness (QED) is 0.675. The molecule has 0 spiro atoms. The summed E-state index contributed by atoms with van der Waals surface area (Å²) in [6.07, 6.45) is 0. The van der Waals surface area contributed by atoms with Crippen LogP contribution in [0, 0.1) is 6.92 Å². The zero-order valence-corrected chi connectivity index (χ0v) is 14.6. The molecule has 0 bridgehead atoms. The predicted octanol–water partition coefficient (Wildman–Crippen LogP) is 3.12. The van der Waals surface area contributed by atoms with Crippen LogP contribution in [0.4, 0.5) is 0 Å². The van der Waals surface area contributed by atoms with E-state index in [1.807, 2.05) is 19.1 Å². The maximum absolute atomic E-state index is 12.9. The second kappa shape index (κ2) is 7.07. The van der Waals surface area contributed by atoms with Gasteiger partial charge in [-0.05, 0) is 24.6 Å². The summed E-state index contributed by atoms with van der Waals surface area (Å²) >= 11 is 5.95. The van der Waals surface area contributed by atoms with Gasteiger partial charge in [-0.25, -0.2) is 4.79 Å². The number of rotatable bonds is 4. The van der Waals surface area contributed by atoms with Crippen molar-refractivity contribution in [2.75, 3.05) is 7.11 Å². The number of Topliss-reactive ketones (excluding diaryl/α,β-unsaturated/α-hetero) is 1. The molecule has 1 heterocycles. The van der Waals surface area contributed by atoms with E-state index in [0.717, 1.165) is 11.1 Å². The van der Waals surface area contributed by atoms with E-state index in [1.54, 1.807) is 36.4 Å². The van der Waals surface area contributed by atoms with Crippen LogP contribution in [0.15, 0.2) is 53.6 Å². The highest BCUT2D eigenvalue weighted by Gasteiger charge is 2.41. The van der Waals surface area contributed by atoms with Crippen molar-refractivity contribution in [3.63, 3.8) is 0 Å². The number of hydrogen-bond donors (Lipinski definition) is 1. The van der Waals surface area contributed by atoms with E-state index in [-0.39, 0.29) is 11.5 Å².